The van der Waals surface area contributed by atoms with Gasteiger partial charge in [0.1, 0.15) is 11.6 Å². The van der Waals surface area contributed by atoms with Gasteiger partial charge in [-0.05, 0) is 0 Å². The standard InChI is InChI=1S/C10H14F3N3O/c1-6(2)9-15-7(5-8(17)16-9)14-4-3-10(11,12)13/h5-6H,3-4H2,1-2H3,(H2,14,15,16,17). The van der Waals surface area contributed by atoms with Crippen LogP contribution in [0.2, 0.25) is 0 Å². The quantitative estimate of drug-likeness (QED) is 0.860. The SMILES string of the molecule is CC(C)c1nc(NCCC(F)(F)F)cc(=O)[nH]1. The second-order valence-corrected chi connectivity index (χ2v) is 3.96. The first-order valence-corrected chi connectivity index (χ1v) is 5.20. The highest BCUT2D eigenvalue weighted by Gasteiger charge is 2.26. The Bertz CT molecular complexity index is 426. The number of H-pyrrole nitrogens is 1. The van der Waals surface area contributed by atoms with E-state index < -0.39 is 12.6 Å². The van der Waals surface area contributed by atoms with E-state index in [1.807, 2.05) is 13.8 Å². The molecule has 0 aliphatic carbocycles. The third kappa shape index (κ3) is 4.88. The Morgan fingerprint density at radius 3 is 2.65 bits per heavy atom. The lowest BCUT2D eigenvalue weighted by Crippen LogP contribution is -2.18. The molecule has 0 aliphatic heterocycles. The van der Waals surface area contributed by atoms with Gasteiger partial charge >= 0.3 is 6.18 Å². The van der Waals surface area contributed by atoms with Crippen LogP contribution in [0.15, 0.2) is 10.9 Å². The molecule has 1 heterocycles. The van der Waals surface area contributed by atoms with E-state index in [4.69, 9.17) is 0 Å². The van der Waals surface area contributed by atoms with Gasteiger partial charge in [-0.1, -0.05) is 13.8 Å². The van der Waals surface area contributed by atoms with Crippen LogP contribution in [0.3, 0.4) is 0 Å². The fraction of sp³-hybridized carbons (Fsp3) is 0.600. The molecule has 2 N–H and O–H groups in total. The van der Waals surface area contributed by atoms with Gasteiger partial charge in [-0.2, -0.15) is 13.2 Å². The van der Waals surface area contributed by atoms with E-state index >= 15 is 0 Å². The maximum Gasteiger partial charge on any atom is 0.390 e. The van der Waals surface area contributed by atoms with Gasteiger partial charge in [0.05, 0.1) is 6.42 Å². The van der Waals surface area contributed by atoms with E-state index in [2.05, 4.69) is 15.3 Å². The van der Waals surface area contributed by atoms with E-state index in [0.29, 0.717) is 5.82 Å². The normalized spacial score (nSPS) is 11.9. The third-order valence-corrected chi connectivity index (χ3v) is 2.02. The lowest BCUT2D eigenvalue weighted by atomic mass is 10.2. The number of nitrogens with zero attached hydrogens (tertiary/aromatic N) is 1. The van der Waals surface area contributed by atoms with Crippen molar-refractivity contribution in [1.82, 2.24) is 9.97 Å². The van der Waals surface area contributed by atoms with Crippen molar-refractivity contribution in [3.63, 3.8) is 0 Å². The van der Waals surface area contributed by atoms with Gasteiger partial charge in [0, 0.05) is 18.5 Å². The molecule has 1 rings (SSSR count). The molecule has 1 aromatic rings. The molecule has 0 atom stereocenters. The number of anilines is 1. The first-order valence-electron chi connectivity index (χ1n) is 5.20. The van der Waals surface area contributed by atoms with Gasteiger partial charge in [0.15, 0.2) is 0 Å². The predicted molar refractivity (Wildman–Crippen MR) is 58.1 cm³/mol. The third-order valence-electron chi connectivity index (χ3n) is 2.02. The summed E-state index contributed by atoms with van der Waals surface area (Å²) in [5.41, 5.74) is -0.377. The molecule has 7 heteroatoms. The van der Waals surface area contributed by atoms with Crippen molar-refractivity contribution in [2.24, 2.45) is 0 Å². The molecule has 4 nitrogen and oxygen atoms in total. The fourth-order valence-corrected chi connectivity index (χ4v) is 1.17. The molecule has 1 aromatic heterocycles. The summed E-state index contributed by atoms with van der Waals surface area (Å²) in [6.07, 6.45) is -5.17. The maximum atomic E-state index is 11.9. The molecule has 0 amide bonds. The van der Waals surface area contributed by atoms with Crippen molar-refractivity contribution >= 4 is 5.82 Å². The summed E-state index contributed by atoms with van der Waals surface area (Å²) >= 11 is 0. The smallest absolute Gasteiger partial charge is 0.370 e. The zero-order valence-electron chi connectivity index (χ0n) is 9.56. The lowest BCUT2D eigenvalue weighted by molar-refractivity contribution is -0.131. The zero-order chi connectivity index (χ0) is 13.1. The van der Waals surface area contributed by atoms with Crippen molar-refractivity contribution < 1.29 is 13.2 Å². The van der Waals surface area contributed by atoms with Gasteiger partial charge in [-0.15, -0.1) is 0 Å². The number of aromatic nitrogens is 2. The Hall–Kier alpha value is -1.53. The molecule has 0 aliphatic rings. The number of rotatable bonds is 4. The topological polar surface area (TPSA) is 57.8 Å². The molecule has 0 saturated carbocycles. The summed E-state index contributed by atoms with van der Waals surface area (Å²) in [5.74, 6) is 0.626. The van der Waals surface area contributed by atoms with Crippen LogP contribution < -0.4 is 10.9 Å². The minimum Gasteiger partial charge on any atom is -0.370 e. The molecule has 0 spiro atoms. The highest BCUT2D eigenvalue weighted by molar-refractivity contribution is 5.33. The van der Waals surface area contributed by atoms with Gasteiger partial charge in [0.2, 0.25) is 0 Å². The van der Waals surface area contributed by atoms with Gasteiger partial charge in [-0.3, -0.25) is 4.79 Å². The number of aromatic amines is 1. The molecule has 0 saturated heterocycles. The number of nitrogens with one attached hydrogen (secondary N) is 2. The molecule has 17 heavy (non-hydrogen) atoms. The summed E-state index contributed by atoms with van der Waals surface area (Å²) in [6, 6.07) is 1.14. The highest BCUT2D eigenvalue weighted by Crippen LogP contribution is 2.19. The lowest BCUT2D eigenvalue weighted by Gasteiger charge is -2.10. The summed E-state index contributed by atoms with van der Waals surface area (Å²) < 4.78 is 35.8. The second-order valence-electron chi connectivity index (χ2n) is 3.96. The average Bonchev–Trinajstić information content (AvgIpc) is 2.14. The van der Waals surface area contributed by atoms with E-state index in [-0.39, 0.29) is 23.8 Å². The van der Waals surface area contributed by atoms with Crippen LogP contribution in [-0.4, -0.2) is 22.7 Å². The highest BCUT2D eigenvalue weighted by atomic mass is 19.4. The first-order chi connectivity index (χ1) is 7.78. The first kappa shape index (κ1) is 13.5. The van der Waals surface area contributed by atoms with E-state index in [1.165, 1.54) is 0 Å². The largest absolute Gasteiger partial charge is 0.390 e. The Morgan fingerprint density at radius 2 is 2.12 bits per heavy atom. The Labute approximate surface area is 96.3 Å². The van der Waals surface area contributed by atoms with Crippen LogP contribution >= 0.6 is 0 Å². The molecule has 0 bridgehead atoms. The molecule has 96 valence electrons. The Morgan fingerprint density at radius 1 is 1.47 bits per heavy atom. The second kappa shape index (κ2) is 5.20. The van der Waals surface area contributed by atoms with Crippen LogP contribution in [0.25, 0.3) is 0 Å². The van der Waals surface area contributed by atoms with Crippen molar-refractivity contribution in [3.8, 4) is 0 Å². The summed E-state index contributed by atoms with van der Waals surface area (Å²) in [5, 5.41) is 2.49. The van der Waals surface area contributed by atoms with Gasteiger partial charge < -0.3 is 10.3 Å². The molecule has 0 fully saturated rings. The van der Waals surface area contributed by atoms with Crippen LogP contribution in [0.4, 0.5) is 19.0 Å². The minimum absolute atomic E-state index is 0.00654. The van der Waals surface area contributed by atoms with E-state index in [9.17, 15) is 18.0 Å². The molecule has 0 unspecified atom stereocenters. The molecule has 0 aromatic carbocycles. The van der Waals surface area contributed by atoms with Crippen molar-refractivity contribution in [2.45, 2.75) is 32.4 Å². The minimum atomic E-state index is -4.21. The summed E-state index contributed by atoms with van der Waals surface area (Å²) in [7, 11) is 0. The van der Waals surface area contributed by atoms with Crippen LogP contribution in [-0.2, 0) is 0 Å². The molecular formula is C10H14F3N3O. The van der Waals surface area contributed by atoms with Crippen LogP contribution in [0.5, 0.6) is 0 Å². The molecular weight excluding hydrogens is 235 g/mol. The summed E-state index contributed by atoms with van der Waals surface area (Å²) in [4.78, 5) is 17.8. The Balaban J connectivity index is 2.68. The van der Waals surface area contributed by atoms with E-state index in [1.54, 1.807) is 0 Å². The van der Waals surface area contributed by atoms with Gasteiger partial charge in [0.25, 0.3) is 5.56 Å². The zero-order valence-corrected chi connectivity index (χ0v) is 9.56. The number of halogens is 3. The van der Waals surface area contributed by atoms with Gasteiger partial charge in [-0.25, -0.2) is 4.98 Å². The number of alkyl halides is 3. The Kier molecular flexibility index (Phi) is 4.14. The van der Waals surface area contributed by atoms with Crippen LogP contribution in [0.1, 0.15) is 32.0 Å². The monoisotopic (exact) mass is 249 g/mol. The number of hydrogen-bond donors (Lipinski definition) is 2. The fourth-order valence-electron chi connectivity index (χ4n) is 1.17. The predicted octanol–water partition coefficient (Wildman–Crippen LogP) is 2.26. The van der Waals surface area contributed by atoms with Crippen molar-refractivity contribution in [3.05, 3.63) is 22.2 Å². The average molecular weight is 249 g/mol. The van der Waals surface area contributed by atoms with E-state index in [0.717, 1.165) is 6.07 Å². The maximum absolute atomic E-state index is 11.9. The van der Waals surface area contributed by atoms with Crippen molar-refractivity contribution in [2.75, 3.05) is 11.9 Å². The number of hydrogen-bond acceptors (Lipinski definition) is 3. The van der Waals surface area contributed by atoms with Crippen molar-refractivity contribution in [1.29, 1.82) is 0 Å². The molecule has 0 radical (unpaired) electrons. The summed E-state index contributed by atoms with van der Waals surface area (Å²) in [6.45, 7) is 3.37. The van der Waals surface area contributed by atoms with Crippen LogP contribution in [0, 0.1) is 0 Å².